The van der Waals surface area contributed by atoms with E-state index in [0.29, 0.717) is 18.9 Å². The number of hydrogen-bond acceptors (Lipinski definition) is 3. The molecular weight excluding hydrogens is 274 g/mol. The van der Waals surface area contributed by atoms with E-state index in [-0.39, 0.29) is 5.91 Å². The van der Waals surface area contributed by atoms with Crippen molar-refractivity contribution in [1.29, 1.82) is 0 Å². The molecule has 1 aromatic rings. The summed E-state index contributed by atoms with van der Waals surface area (Å²) in [5.41, 5.74) is 1.18. The van der Waals surface area contributed by atoms with E-state index in [9.17, 15) is 4.79 Å². The Morgan fingerprint density at radius 2 is 2.14 bits per heavy atom. The van der Waals surface area contributed by atoms with Crippen LogP contribution < -0.4 is 10.2 Å². The van der Waals surface area contributed by atoms with Gasteiger partial charge in [-0.25, -0.2) is 0 Å². The van der Waals surface area contributed by atoms with Crippen molar-refractivity contribution < 1.29 is 4.79 Å². The quantitative estimate of drug-likeness (QED) is 0.840. The molecule has 0 bridgehead atoms. The summed E-state index contributed by atoms with van der Waals surface area (Å²) in [4.78, 5) is 16.5. The summed E-state index contributed by atoms with van der Waals surface area (Å²) in [6.45, 7) is 3.88. The van der Waals surface area contributed by atoms with Gasteiger partial charge in [0, 0.05) is 38.8 Å². The molecule has 122 valence electrons. The number of nitrogens with one attached hydrogen (secondary N) is 1. The number of hydrogen-bond donors (Lipinski definition) is 1. The molecule has 0 aliphatic carbocycles. The lowest BCUT2D eigenvalue weighted by Crippen LogP contribution is -2.35. The number of para-hydroxylation sites is 1. The van der Waals surface area contributed by atoms with Crippen molar-refractivity contribution in [2.24, 2.45) is 5.92 Å². The highest BCUT2D eigenvalue weighted by molar-refractivity contribution is 5.75. The number of piperidine rings is 1. The van der Waals surface area contributed by atoms with Gasteiger partial charge in [-0.05, 0) is 50.9 Å². The summed E-state index contributed by atoms with van der Waals surface area (Å²) in [6, 6.07) is 10.3. The molecule has 0 saturated carbocycles. The lowest BCUT2D eigenvalue weighted by Gasteiger charge is -2.29. The van der Waals surface area contributed by atoms with Crippen LogP contribution in [0, 0.1) is 5.92 Å². The maximum Gasteiger partial charge on any atom is 0.220 e. The molecule has 1 fully saturated rings. The number of carbonyl (C=O) groups excluding carboxylic acids is 1. The maximum absolute atomic E-state index is 11.9. The Morgan fingerprint density at radius 3 is 2.86 bits per heavy atom. The zero-order valence-corrected chi connectivity index (χ0v) is 13.9. The SMILES string of the molecule is CN1CCC[C@@H](CCC(=O)NCCN(C)c2ccccc2)C1. The van der Waals surface area contributed by atoms with Crippen LogP contribution in [0.5, 0.6) is 0 Å². The summed E-state index contributed by atoms with van der Waals surface area (Å²) in [5, 5.41) is 3.04. The first-order chi connectivity index (χ1) is 10.6. The average molecular weight is 303 g/mol. The first kappa shape index (κ1) is 16.8. The van der Waals surface area contributed by atoms with Crippen LogP contribution in [0.1, 0.15) is 25.7 Å². The van der Waals surface area contributed by atoms with Crippen molar-refractivity contribution >= 4 is 11.6 Å². The predicted molar refractivity (Wildman–Crippen MR) is 92.2 cm³/mol. The van der Waals surface area contributed by atoms with Gasteiger partial charge in [-0.2, -0.15) is 0 Å². The van der Waals surface area contributed by atoms with E-state index in [0.717, 1.165) is 19.5 Å². The highest BCUT2D eigenvalue weighted by atomic mass is 16.1. The van der Waals surface area contributed by atoms with Crippen LogP contribution in [0.4, 0.5) is 5.69 Å². The second kappa shape index (κ2) is 8.79. The van der Waals surface area contributed by atoms with Crippen LogP contribution in [0.2, 0.25) is 0 Å². The minimum Gasteiger partial charge on any atom is -0.373 e. The predicted octanol–water partition coefficient (Wildman–Crippen LogP) is 2.36. The zero-order valence-electron chi connectivity index (χ0n) is 13.9. The van der Waals surface area contributed by atoms with E-state index < -0.39 is 0 Å². The van der Waals surface area contributed by atoms with Crippen LogP contribution in [0.15, 0.2) is 30.3 Å². The molecule has 0 spiro atoms. The minimum atomic E-state index is 0.190. The summed E-state index contributed by atoms with van der Waals surface area (Å²) < 4.78 is 0. The van der Waals surface area contributed by atoms with Gasteiger partial charge in [0.15, 0.2) is 0 Å². The molecular formula is C18H29N3O. The number of benzene rings is 1. The molecule has 1 saturated heterocycles. The van der Waals surface area contributed by atoms with Crippen LogP contribution in [-0.2, 0) is 4.79 Å². The van der Waals surface area contributed by atoms with E-state index in [1.54, 1.807) is 0 Å². The van der Waals surface area contributed by atoms with Gasteiger partial charge in [-0.15, -0.1) is 0 Å². The number of amides is 1. The lowest BCUT2D eigenvalue weighted by atomic mass is 9.93. The Hall–Kier alpha value is -1.55. The lowest BCUT2D eigenvalue weighted by molar-refractivity contribution is -0.121. The van der Waals surface area contributed by atoms with Crippen molar-refractivity contribution in [3.05, 3.63) is 30.3 Å². The van der Waals surface area contributed by atoms with Gasteiger partial charge >= 0.3 is 0 Å². The van der Waals surface area contributed by atoms with Gasteiger partial charge < -0.3 is 15.1 Å². The second-order valence-electron chi connectivity index (χ2n) is 6.42. The molecule has 4 heteroatoms. The second-order valence-corrected chi connectivity index (χ2v) is 6.42. The van der Waals surface area contributed by atoms with Crippen LogP contribution in [0.3, 0.4) is 0 Å². The molecule has 0 radical (unpaired) electrons. The Bertz CT molecular complexity index is 449. The van der Waals surface area contributed by atoms with Gasteiger partial charge in [0.2, 0.25) is 5.91 Å². The third-order valence-electron chi connectivity index (χ3n) is 4.47. The van der Waals surface area contributed by atoms with E-state index >= 15 is 0 Å². The topological polar surface area (TPSA) is 35.6 Å². The molecule has 2 rings (SSSR count). The molecule has 0 unspecified atom stereocenters. The molecule has 4 nitrogen and oxygen atoms in total. The molecule has 1 atom stereocenters. The van der Waals surface area contributed by atoms with Crippen LogP contribution in [0.25, 0.3) is 0 Å². The molecule has 22 heavy (non-hydrogen) atoms. The molecule has 1 aromatic carbocycles. The molecule has 1 aliphatic rings. The fourth-order valence-corrected chi connectivity index (χ4v) is 3.11. The normalized spacial score (nSPS) is 18.9. The standard InChI is InChI=1S/C18H29N3O/c1-20-13-6-7-16(15-20)10-11-18(22)19-12-14-21(2)17-8-4-3-5-9-17/h3-5,8-9,16H,6-7,10-15H2,1-2H3,(H,19,22)/t16-/m0/s1. The van der Waals surface area contributed by atoms with Gasteiger partial charge in [-0.1, -0.05) is 18.2 Å². The van der Waals surface area contributed by atoms with Crippen molar-refractivity contribution in [2.75, 3.05) is 45.2 Å². The average Bonchev–Trinajstić information content (AvgIpc) is 2.54. The molecule has 1 N–H and O–H groups in total. The largest absolute Gasteiger partial charge is 0.373 e. The Morgan fingerprint density at radius 1 is 1.36 bits per heavy atom. The maximum atomic E-state index is 11.9. The fourth-order valence-electron chi connectivity index (χ4n) is 3.11. The van der Waals surface area contributed by atoms with Crippen molar-refractivity contribution in [2.45, 2.75) is 25.7 Å². The van der Waals surface area contributed by atoms with E-state index in [1.165, 1.54) is 25.1 Å². The summed E-state index contributed by atoms with van der Waals surface area (Å²) in [5.74, 6) is 0.881. The molecule has 0 aromatic heterocycles. The third kappa shape index (κ3) is 5.68. The minimum absolute atomic E-state index is 0.190. The first-order valence-electron chi connectivity index (χ1n) is 8.36. The third-order valence-corrected chi connectivity index (χ3v) is 4.47. The Kier molecular flexibility index (Phi) is 6.72. The van der Waals surface area contributed by atoms with Gasteiger partial charge in [0.25, 0.3) is 0 Å². The monoisotopic (exact) mass is 303 g/mol. The summed E-state index contributed by atoms with van der Waals surface area (Å²) in [7, 11) is 4.23. The van der Waals surface area contributed by atoms with Crippen molar-refractivity contribution in [1.82, 2.24) is 10.2 Å². The number of likely N-dealkylation sites (N-methyl/N-ethyl adjacent to an activating group) is 1. The number of anilines is 1. The fraction of sp³-hybridized carbons (Fsp3) is 0.611. The number of nitrogens with zero attached hydrogens (tertiary/aromatic N) is 2. The molecule has 1 amide bonds. The van der Waals surface area contributed by atoms with E-state index in [4.69, 9.17) is 0 Å². The number of carbonyl (C=O) groups is 1. The first-order valence-corrected chi connectivity index (χ1v) is 8.36. The summed E-state index contributed by atoms with van der Waals surface area (Å²) in [6.07, 6.45) is 4.22. The van der Waals surface area contributed by atoms with Crippen LogP contribution >= 0.6 is 0 Å². The Labute approximate surface area is 134 Å². The van der Waals surface area contributed by atoms with Gasteiger partial charge in [0.05, 0.1) is 0 Å². The van der Waals surface area contributed by atoms with E-state index in [1.807, 2.05) is 18.2 Å². The van der Waals surface area contributed by atoms with Crippen LogP contribution in [-0.4, -0.2) is 51.1 Å². The van der Waals surface area contributed by atoms with Gasteiger partial charge in [0.1, 0.15) is 0 Å². The number of likely N-dealkylation sites (tertiary alicyclic amines) is 1. The van der Waals surface area contributed by atoms with Crippen molar-refractivity contribution in [3.63, 3.8) is 0 Å². The number of rotatable bonds is 7. The molecule has 1 heterocycles. The highest BCUT2D eigenvalue weighted by Gasteiger charge is 2.17. The zero-order chi connectivity index (χ0) is 15.8. The van der Waals surface area contributed by atoms with Gasteiger partial charge in [-0.3, -0.25) is 4.79 Å². The smallest absolute Gasteiger partial charge is 0.220 e. The van der Waals surface area contributed by atoms with Crippen molar-refractivity contribution in [3.8, 4) is 0 Å². The van der Waals surface area contributed by atoms with E-state index in [2.05, 4.69) is 41.3 Å². The summed E-state index contributed by atoms with van der Waals surface area (Å²) >= 11 is 0. The molecule has 1 aliphatic heterocycles. The Balaban J connectivity index is 1.59. The highest BCUT2D eigenvalue weighted by Crippen LogP contribution is 2.19.